The number of carbonyl (C=O) groups excluding carboxylic acids is 2. The van der Waals surface area contributed by atoms with E-state index in [1.165, 1.54) is 26.2 Å². The maximum Gasteiger partial charge on any atom is 0.286 e. The lowest BCUT2D eigenvalue weighted by molar-refractivity contribution is -0.384. The Kier molecular flexibility index (Phi) is 6.93. The molecule has 2 aromatic rings. The van der Waals surface area contributed by atoms with Crippen molar-refractivity contribution in [2.75, 3.05) is 7.11 Å². The third-order valence-electron chi connectivity index (χ3n) is 3.98. The van der Waals surface area contributed by atoms with Crippen LogP contribution in [0.2, 0.25) is 5.02 Å². The van der Waals surface area contributed by atoms with Crippen LogP contribution in [0, 0.1) is 10.1 Å². The highest BCUT2D eigenvalue weighted by molar-refractivity contribution is 8.18. The predicted molar refractivity (Wildman–Crippen MR) is 117 cm³/mol. The summed E-state index contributed by atoms with van der Waals surface area (Å²) in [6.45, 7) is 1.45. The van der Waals surface area contributed by atoms with Crippen LogP contribution in [0.3, 0.4) is 0 Å². The van der Waals surface area contributed by atoms with Crippen LogP contribution in [0.5, 0.6) is 11.5 Å². The Labute approximate surface area is 186 Å². The molecule has 1 aliphatic rings. The zero-order valence-electron chi connectivity index (χ0n) is 16.4. The highest BCUT2D eigenvalue weighted by atomic mass is 35.5. The Bertz CT molecular complexity index is 1110. The van der Waals surface area contributed by atoms with Gasteiger partial charge in [0.2, 0.25) is 5.91 Å². The molecule has 3 rings (SSSR count). The quantitative estimate of drug-likeness (QED) is 0.393. The second kappa shape index (κ2) is 9.63. The van der Waals surface area contributed by atoms with E-state index in [0.29, 0.717) is 27.5 Å². The first-order valence-corrected chi connectivity index (χ1v) is 10.00. The van der Waals surface area contributed by atoms with Crippen molar-refractivity contribution in [1.29, 1.82) is 0 Å². The van der Waals surface area contributed by atoms with E-state index in [4.69, 9.17) is 21.1 Å². The van der Waals surface area contributed by atoms with Crippen molar-refractivity contribution in [2.45, 2.75) is 13.5 Å². The molecule has 1 aliphatic heterocycles. The lowest BCUT2D eigenvalue weighted by atomic mass is 10.1. The van der Waals surface area contributed by atoms with Crippen molar-refractivity contribution in [2.24, 2.45) is 4.99 Å². The summed E-state index contributed by atoms with van der Waals surface area (Å²) in [4.78, 5) is 37.5. The molecule has 0 fully saturated rings. The van der Waals surface area contributed by atoms with Crippen molar-refractivity contribution in [3.8, 4) is 11.5 Å². The summed E-state index contributed by atoms with van der Waals surface area (Å²) in [6.07, 6.45) is 1.58. The van der Waals surface area contributed by atoms with E-state index < -0.39 is 10.8 Å². The van der Waals surface area contributed by atoms with E-state index in [0.717, 1.165) is 11.8 Å². The van der Waals surface area contributed by atoms with Gasteiger partial charge < -0.3 is 14.8 Å². The Morgan fingerprint density at radius 2 is 2.03 bits per heavy atom. The zero-order chi connectivity index (χ0) is 22.5. The van der Waals surface area contributed by atoms with Gasteiger partial charge in [-0.05, 0) is 53.2 Å². The predicted octanol–water partition coefficient (Wildman–Crippen LogP) is 3.94. The first kappa shape index (κ1) is 22.3. The topological polar surface area (TPSA) is 120 Å². The minimum atomic E-state index is -0.477. The summed E-state index contributed by atoms with van der Waals surface area (Å²) in [7, 11) is 1.45. The fraction of sp³-hybridized carbons (Fsp3) is 0.150. The molecule has 0 spiro atoms. The summed E-state index contributed by atoms with van der Waals surface area (Å²) in [5, 5.41) is 13.7. The molecule has 2 aromatic carbocycles. The van der Waals surface area contributed by atoms with Gasteiger partial charge >= 0.3 is 0 Å². The van der Waals surface area contributed by atoms with E-state index in [1.54, 1.807) is 30.3 Å². The fourth-order valence-electron chi connectivity index (χ4n) is 2.60. The summed E-state index contributed by atoms with van der Waals surface area (Å²) >= 11 is 7.41. The number of amidine groups is 1. The summed E-state index contributed by atoms with van der Waals surface area (Å²) in [6, 6.07) is 9.21. The van der Waals surface area contributed by atoms with Gasteiger partial charge in [0.25, 0.3) is 11.6 Å². The van der Waals surface area contributed by atoms with Crippen molar-refractivity contribution in [3.63, 3.8) is 0 Å². The molecular formula is C20H16ClN3O6S. The smallest absolute Gasteiger partial charge is 0.286 e. The molecule has 9 nitrogen and oxygen atoms in total. The van der Waals surface area contributed by atoms with Crippen molar-refractivity contribution < 1.29 is 24.0 Å². The van der Waals surface area contributed by atoms with Crippen LogP contribution in [0.1, 0.15) is 18.1 Å². The van der Waals surface area contributed by atoms with Gasteiger partial charge in [-0.25, -0.2) is 0 Å². The van der Waals surface area contributed by atoms with E-state index >= 15 is 0 Å². The van der Waals surface area contributed by atoms with Gasteiger partial charge in [0, 0.05) is 19.1 Å². The largest absolute Gasteiger partial charge is 0.493 e. The van der Waals surface area contributed by atoms with E-state index in [2.05, 4.69) is 10.3 Å². The summed E-state index contributed by atoms with van der Waals surface area (Å²) < 4.78 is 11.1. The molecule has 11 heteroatoms. The molecule has 0 unspecified atom stereocenters. The lowest BCUT2D eigenvalue weighted by Gasteiger charge is -2.13. The molecule has 0 aromatic heterocycles. The minimum Gasteiger partial charge on any atom is -0.493 e. The van der Waals surface area contributed by atoms with Crippen LogP contribution in [0.15, 0.2) is 46.3 Å². The number of halogens is 1. The number of carbonyl (C=O) groups is 2. The maximum atomic E-state index is 12.0. The monoisotopic (exact) mass is 461 g/mol. The van der Waals surface area contributed by atoms with Crippen LogP contribution in [0.25, 0.3) is 6.08 Å². The number of nitrogens with zero attached hydrogens (tertiary/aromatic N) is 2. The first-order chi connectivity index (χ1) is 14.8. The number of rotatable bonds is 6. The number of nitro benzene ring substituents is 1. The molecule has 0 bridgehead atoms. The molecule has 0 saturated carbocycles. The van der Waals surface area contributed by atoms with Crippen molar-refractivity contribution in [1.82, 2.24) is 5.32 Å². The maximum absolute atomic E-state index is 12.0. The number of hydrogen-bond donors (Lipinski definition) is 1. The average molecular weight is 462 g/mol. The molecule has 0 saturated heterocycles. The van der Waals surface area contributed by atoms with E-state index in [-0.39, 0.29) is 28.4 Å². The third-order valence-corrected chi connectivity index (χ3v) is 5.16. The zero-order valence-corrected chi connectivity index (χ0v) is 18.0. The minimum absolute atomic E-state index is 0.0123. The van der Waals surface area contributed by atoms with Crippen LogP contribution in [-0.2, 0) is 16.2 Å². The average Bonchev–Trinajstić information content (AvgIpc) is 3.04. The van der Waals surface area contributed by atoms with Crippen molar-refractivity contribution in [3.05, 3.63) is 67.6 Å². The lowest BCUT2D eigenvalue weighted by Crippen LogP contribution is -2.23. The van der Waals surface area contributed by atoms with E-state index in [1.807, 2.05) is 0 Å². The molecule has 2 amide bonds. The number of nitro groups is 1. The molecule has 0 atom stereocenters. The van der Waals surface area contributed by atoms with Crippen molar-refractivity contribution >= 4 is 52.1 Å². The highest BCUT2D eigenvalue weighted by Crippen LogP contribution is 2.38. The second-order valence-corrected chi connectivity index (χ2v) is 7.70. The van der Waals surface area contributed by atoms with Crippen LogP contribution in [0.4, 0.5) is 5.69 Å². The Morgan fingerprint density at radius 3 is 2.65 bits per heavy atom. The number of amides is 2. The molecule has 31 heavy (non-hydrogen) atoms. The third kappa shape index (κ3) is 5.62. The number of ether oxygens (including phenoxy) is 2. The molecule has 1 heterocycles. The number of non-ortho nitro benzene ring substituents is 1. The number of thioether (sulfide) groups is 1. The Balaban J connectivity index is 1.77. The fourth-order valence-corrected chi connectivity index (χ4v) is 3.73. The number of benzene rings is 2. The molecular weight excluding hydrogens is 446 g/mol. The number of aliphatic imine (C=N–C) groups is 1. The van der Waals surface area contributed by atoms with Gasteiger partial charge in [0.05, 0.1) is 22.0 Å². The number of nitrogens with one attached hydrogen (secondary N) is 1. The Hall–Kier alpha value is -3.37. The standard InChI is InChI=1S/C20H16ClN3O6S/c1-11(25)22-20-23-19(26)17(31-20)9-13-7-15(21)18(16(8-13)29-2)30-10-12-3-5-14(6-4-12)24(27)28/h3-9H,10H2,1-2H3,(H,22,23,25,26). The van der Waals surface area contributed by atoms with E-state index in [9.17, 15) is 19.7 Å². The molecule has 160 valence electrons. The Morgan fingerprint density at radius 1 is 1.32 bits per heavy atom. The first-order valence-electron chi connectivity index (χ1n) is 8.80. The van der Waals surface area contributed by atoms with Crippen LogP contribution < -0.4 is 14.8 Å². The van der Waals surface area contributed by atoms with Gasteiger partial charge in [-0.2, -0.15) is 4.99 Å². The molecule has 0 aliphatic carbocycles. The molecule has 0 radical (unpaired) electrons. The van der Waals surface area contributed by atoms with Gasteiger partial charge in [-0.1, -0.05) is 11.6 Å². The van der Waals surface area contributed by atoms with Gasteiger partial charge in [-0.3, -0.25) is 19.7 Å². The number of hydrogen-bond acceptors (Lipinski definition) is 7. The summed E-state index contributed by atoms with van der Waals surface area (Å²) in [5.74, 6) is -0.146. The second-order valence-electron chi connectivity index (χ2n) is 6.26. The van der Waals surface area contributed by atoms with Crippen LogP contribution >= 0.6 is 23.4 Å². The van der Waals surface area contributed by atoms with Gasteiger partial charge in [0.1, 0.15) is 6.61 Å². The van der Waals surface area contributed by atoms with Gasteiger partial charge in [0.15, 0.2) is 16.7 Å². The highest BCUT2D eigenvalue weighted by Gasteiger charge is 2.23. The normalized spacial score (nSPS) is 14.4. The SMILES string of the molecule is COc1cc(C=C2SC(NC(C)=O)=NC2=O)cc(Cl)c1OCc1ccc([N+](=O)[O-])cc1. The summed E-state index contributed by atoms with van der Waals surface area (Å²) in [5.41, 5.74) is 1.28. The molecule has 1 N–H and O–H groups in total. The van der Waals surface area contributed by atoms with Crippen LogP contribution in [-0.4, -0.2) is 29.0 Å². The van der Waals surface area contributed by atoms with Gasteiger partial charge in [-0.15, -0.1) is 0 Å². The number of methoxy groups -OCH3 is 1.